The number of nitrogens with zero attached hydrogens (tertiary/aromatic N) is 2. The van der Waals surface area contributed by atoms with Crippen molar-refractivity contribution in [1.82, 2.24) is 0 Å². The van der Waals surface area contributed by atoms with Crippen LogP contribution in [0.3, 0.4) is 0 Å². The molecule has 3 aromatic rings. The molecule has 0 aromatic heterocycles. The van der Waals surface area contributed by atoms with Crippen molar-refractivity contribution in [2.75, 3.05) is 17.7 Å². The van der Waals surface area contributed by atoms with Gasteiger partial charge in [-0.25, -0.2) is 12.6 Å². The minimum absolute atomic E-state index is 0. The first kappa shape index (κ1) is 35.9. The van der Waals surface area contributed by atoms with E-state index in [9.17, 15) is 57.8 Å². The van der Waals surface area contributed by atoms with Crippen molar-refractivity contribution in [3.05, 3.63) is 36.4 Å². The first-order valence-corrected chi connectivity index (χ1v) is 16.6. The Kier molecular flexibility index (Phi) is 10.7. The number of sulfone groups is 1. The summed E-state index contributed by atoms with van der Waals surface area (Å²) in [4.78, 5) is 9.00. The van der Waals surface area contributed by atoms with E-state index in [0.29, 0.717) is 24.3 Å². The number of carbonyl (C=O) groups excluding carboxylic acids is 1. The number of anilines is 1. The zero-order chi connectivity index (χ0) is 31.8. The van der Waals surface area contributed by atoms with Crippen LogP contribution in [-0.4, -0.2) is 65.6 Å². The van der Waals surface area contributed by atoms with Crippen molar-refractivity contribution in [1.29, 1.82) is 0 Å². The average Bonchev–Trinajstić information content (AvgIpc) is 2.81. The van der Waals surface area contributed by atoms with Gasteiger partial charge in [-0.15, -0.1) is 5.11 Å². The topological polar surface area (TPSA) is 306 Å². The van der Waals surface area contributed by atoms with Crippen LogP contribution >= 0.6 is 0 Å². The summed E-state index contributed by atoms with van der Waals surface area (Å²) < 4.78 is 125. The minimum Gasteiger partial charge on any atom is -0.871 e. The molecule has 23 heteroatoms. The molecule has 0 saturated heterocycles. The van der Waals surface area contributed by atoms with Gasteiger partial charge in [0.15, 0.2) is 9.84 Å². The quantitative estimate of drug-likeness (QED) is 0.125. The predicted octanol–water partition coefficient (Wildman–Crippen LogP) is 0.445. The zero-order valence-corrected chi connectivity index (χ0v) is 25.2. The first-order chi connectivity index (χ1) is 19.1. The third-order valence-corrected chi connectivity index (χ3v) is 8.96. The van der Waals surface area contributed by atoms with E-state index < -0.39 is 113 Å². The van der Waals surface area contributed by atoms with Crippen molar-refractivity contribution in [3.63, 3.8) is 0 Å². The van der Waals surface area contributed by atoms with E-state index in [1.54, 1.807) is 0 Å². The van der Waals surface area contributed by atoms with Crippen LogP contribution in [-0.2, 0) is 66.5 Å². The third kappa shape index (κ3) is 8.88. The summed E-state index contributed by atoms with van der Waals surface area (Å²) in [7, 11) is -19.4. The van der Waals surface area contributed by atoms with Gasteiger partial charge < -0.3 is 15.5 Å². The van der Waals surface area contributed by atoms with Gasteiger partial charge in [-0.05, 0) is 47.2 Å². The molecule has 3 aromatic carbocycles. The van der Waals surface area contributed by atoms with E-state index in [1.807, 2.05) is 0 Å². The van der Waals surface area contributed by atoms with Crippen molar-refractivity contribution >= 4 is 74.2 Å². The fourth-order valence-electron chi connectivity index (χ4n) is 3.41. The maximum Gasteiger partial charge on any atom is 2.00 e. The van der Waals surface area contributed by atoms with Gasteiger partial charge in [0.2, 0.25) is 5.91 Å². The van der Waals surface area contributed by atoms with Crippen LogP contribution in [0.2, 0.25) is 0 Å². The monoisotopic (exact) mass is 730 g/mol. The predicted molar refractivity (Wildman–Crippen MR) is 137 cm³/mol. The number of hydrogen-bond acceptors (Lipinski definition) is 14. The molecule has 4 N–H and O–H groups in total. The van der Waals surface area contributed by atoms with Crippen molar-refractivity contribution in [2.45, 2.75) is 21.6 Å². The summed E-state index contributed by atoms with van der Waals surface area (Å²) in [5.41, 5.74) is -2.21. The Morgan fingerprint density at radius 3 is 2.02 bits per heavy atom. The molecule has 18 nitrogen and oxygen atoms in total. The van der Waals surface area contributed by atoms with Gasteiger partial charge in [0.1, 0.15) is 4.90 Å². The molecule has 0 aliphatic carbocycles. The Balaban J connectivity index is 0.00000645. The standard InChI is InChI=1S/C20H19N3O15S4.Cu/c1-10(24)21-15-8-13(40(29,30)31)6-11-7-17(41(32,33)34)19(20(26)18(11)15)23-22-14-3-2-12(9-16(14)25)39(27,28)5-4-38-42(35,36)37;/h2-3,6-9,25-26H,4-5H2,1H3,(H,21,24)(H,29,30,31)(H,32,33,34)(H,35,36,37);/q;+2/p-2. The summed E-state index contributed by atoms with van der Waals surface area (Å²) >= 11 is 0. The maximum atomic E-state index is 13.3. The molecule has 3 rings (SSSR count). The molecule has 0 atom stereocenters. The molecule has 1 amide bonds. The van der Waals surface area contributed by atoms with E-state index in [-0.39, 0.29) is 17.1 Å². The molecule has 0 spiro atoms. The van der Waals surface area contributed by atoms with Gasteiger partial charge in [-0.2, -0.15) is 30.4 Å². The molecule has 0 aliphatic rings. The first-order valence-electron chi connectivity index (χ1n) is 10.7. The Bertz CT molecular complexity index is 2080. The van der Waals surface area contributed by atoms with Crippen molar-refractivity contribution in [2.24, 2.45) is 10.2 Å². The SMILES string of the molecule is CC(=O)Nc1cc(S(=O)(=O)O)cc2cc(S(=O)(=O)O)c(N=Nc3ccc(S(=O)(=O)CCOS(=O)(=O)O)cc3[O-])c([O-])c12.[Cu+2]. The number of carbonyl (C=O) groups is 1. The normalized spacial score (nSPS) is 12.7. The van der Waals surface area contributed by atoms with Gasteiger partial charge in [-0.3, -0.25) is 18.5 Å². The van der Waals surface area contributed by atoms with Gasteiger partial charge >= 0.3 is 27.5 Å². The van der Waals surface area contributed by atoms with Gasteiger partial charge in [0.25, 0.3) is 20.2 Å². The second kappa shape index (κ2) is 12.8. The van der Waals surface area contributed by atoms with Gasteiger partial charge in [0.05, 0.1) is 33.5 Å². The smallest absolute Gasteiger partial charge is 0.871 e. The summed E-state index contributed by atoms with van der Waals surface area (Å²) in [5, 5.41) is 33.8. The van der Waals surface area contributed by atoms with Crippen LogP contribution in [0.1, 0.15) is 6.92 Å². The van der Waals surface area contributed by atoms with Crippen molar-refractivity contribution in [3.8, 4) is 11.5 Å². The second-order valence-corrected chi connectivity index (χ2v) is 14.2. The fraction of sp³-hybridized carbons (Fsp3) is 0.150. The van der Waals surface area contributed by atoms with E-state index in [1.165, 1.54) is 0 Å². The number of nitrogens with one attached hydrogen (secondary N) is 1. The minimum atomic E-state index is -5.27. The number of amides is 1. The van der Waals surface area contributed by atoms with Crippen LogP contribution in [0.4, 0.5) is 17.1 Å². The number of hydrogen-bond donors (Lipinski definition) is 4. The van der Waals surface area contributed by atoms with E-state index >= 15 is 0 Å². The molecule has 0 heterocycles. The molecule has 0 saturated carbocycles. The molecular weight excluding hydrogens is 714 g/mol. The van der Waals surface area contributed by atoms with Gasteiger partial charge in [0, 0.05) is 12.6 Å². The Morgan fingerprint density at radius 1 is 0.884 bits per heavy atom. The van der Waals surface area contributed by atoms with Crippen LogP contribution in [0.5, 0.6) is 11.5 Å². The molecule has 0 unspecified atom stereocenters. The Labute approximate surface area is 254 Å². The Hall–Kier alpha value is -3.25. The van der Waals surface area contributed by atoms with Crippen molar-refractivity contribution < 1.29 is 83.6 Å². The number of azo groups is 1. The van der Waals surface area contributed by atoms with E-state index in [2.05, 4.69) is 19.7 Å². The van der Waals surface area contributed by atoms with Gasteiger partial charge in [-0.1, -0.05) is 11.5 Å². The maximum absolute atomic E-state index is 13.3. The average molecular weight is 731 g/mol. The largest absolute Gasteiger partial charge is 2.00 e. The Morgan fingerprint density at radius 2 is 1.51 bits per heavy atom. The number of rotatable bonds is 10. The number of fused-ring (bicyclic) bond motifs is 1. The summed E-state index contributed by atoms with van der Waals surface area (Å²) in [6, 6.07) is 4.18. The van der Waals surface area contributed by atoms with E-state index in [0.717, 1.165) is 19.1 Å². The van der Waals surface area contributed by atoms with Crippen LogP contribution in [0.15, 0.2) is 61.3 Å². The fourth-order valence-corrected chi connectivity index (χ4v) is 6.11. The molecule has 43 heavy (non-hydrogen) atoms. The van der Waals surface area contributed by atoms with E-state index in [4.69, 9.17) is 4.55 Å². The summed E-state index contributed by atoms with van der Waals surface area (Å²) in [5.74, 6) is -4.20. The summed E-state index contributed by atoms with van der Waals surface area (Å²) in [6.45, 7) is 0.0143. The van der Waals surface area contributed by atoms with Crippen LogP contribution in [0, 0.1) is 0 Å². The second-order valence-electron chi connectivity index (χ2n) is 8.15. The molecule has 237 valence electrons. The molecular formula is C20H17CuN3O15S4. The van der Waals surface area contributed by atoms with Crippen LogP contribution in [0.25, 0.3) is 10.8 Å². The molecule has 1 radical (unpaired) electrons. The zero-order valence-electron chi connectivity index (χ0n) is 20.9. The number of benzene rings is 3. The molecule has 0 bridgehead atoms. The molecule has 0 fully saturated rings. The molecule has 0 aliphatic heterocycles. The third-order valence-electron chi connectivity index (χ3n) is 5.12. The van der Waals surface area contributed by atoms with Crippen LogP contribution < -0.4 is 15.5 Å². The summed E-state index contributed by atoms with van der Waals surface area (Å²) in [6.07, 6.45) is 0.